The maximum absolute atomic E-state index is 13.2. The van der Waals surface area contributed by atoms with Crippen molar-refractivity contribution in [1.82, 2.24) is 0 Å². The number of ether oxygens (including phenoxy) is 7. The molecule has 10 unspecified atom stereocenters. The highest BCUT2D eigenvalue weighted by Gasteiger charge is 2.52. The molecule has 0 radical (unpaired) electrons. The second kappa shape index (κ2) is 15.2. The third-order valence-corrected chi connectivity index (χ3v) is 7.85. The van der Waals surface area contributed by atoms with Gasteiger partial charge in [0.1, 0.15) is 30.5 Å². The van der Waals surface area contributed by atoms with Crippen LogP contribution in [0.2, 0.25) is 0 Å². The van der Waals surface area contributed by atoms with E-state index in [0.29, 0.717) is 0 Å². The molecule has 0 amide bonds. The molecule has 3 aromatic rings. The number of benzene rings is 3. The van der Waals surface area contributed by atoms with Crippen LogP contribution in [0.5, 0.6) is 0 Å². The van der Waals surface area contributed by atoms with Gasteiger partial charge in [-0.1, -0.05) is 78.9 Å². The first-order chi connectivity index (χ1) is 21.4. The van der Waals surface area contributed by atoms with Gasteiger partial charge in [-0.15, -0.1) is 0 Å². The summed E-state index contributed by atoms with van der Waals surface area (Å²) in [5.41, 5.74) is 2.13. The van der Waals surface area contributed by atoms with Gasteiger partial charge in [0.25, 0.3) is 0 Å². The van der Waals surface area contributed by atoms with E-state index in [0.717, 1.165) is 11.1 Å². The van der Waals surface area contributed by atoms with Gasteiger partial charge in [-0.25, -0.2) is 4.79 Å². The number of carbonyl (C=O) groups is 1. The number of carbonyl (C=O) groups excluding carboxylic acids is 1. The summed E-state index contributed by atoms with van der Waals surface area (Å²) in [7, 11) is 1.44. The van der Waals surface area contributed by atoms with Crippen LogP contribution < -0.4 is 0 Å². The van der Waals surface area contributed by atoms with Gasteiger partial charge in [-0.2, -0.15) is 0 Å². The fourth-order valence-electron chi connectivity index (χ4n) is 5.48. The SMILES string of the molecule is COC1OC(C)C(OCc2ccccc2)C(O)C1OC1OC(C)C(OCc2ccccc2)C(O)C1OC(=O)c1ccccc1. The van der Waals surface area contributed by atoms with E-state index >= 15 is 0 Å². The molecule has 2 heterocycles. The first-order valence-electron chi connectivity index (χ1n) is 14.8. The molecular weight excluding hydrogens is 568 g/mol. The van der Waals surface area contributed by atoms with Crippen molar-refractivity contribution in [2.75, 3.05) is 7.11 Å². The van der Waals surface area contributed by atoms with Crippen LogP contribution in [-0.4, -0.2) is 84.7 Å². The van der Waals surface area contributed by atoms with Gasteiger partial charge in [0.05, 0.1) is 31.0 Å². The second-order valence-electron chi connectivity index (χ2n) is 11.0. The number of rotatable bonds is 11. The normalized spacial score (nSPS) is 32.2. The predicted octanol–water partition coefficient (Wildman–Crippen LogP) is 3.63. The largest absolute Gasteiger partial charge is 0.450 e. The maximum Gasteiger partial charge on any atom is 0.338 e. The average molecular weight is 609 g/mol. The molecule has 2 aliphatic rings. The molecule has 3 aromatic carbocycles. The summed E-state index contributed by atoms with van der Waals surface area (Å²) in [6.45, 7) is 3.97. The summed E-state index contributed by atoms with van der Waals surface area (Å²) in [6, 6.07) is 27.5. The second-order valence-corrected chi connectivity index (χ2v) is 11.0. The fraction of sp³-hybridized carbons (Fsp3) is 0.441. The van der Waals surface area contributed by atoms with Crippen LogP contribution >= 0.6 is 0 Å². The minimum absolute atomic E-state index is 0.209. The Morgan fingerprint density at radius 1 is 0.659 bits per heavy atom. The number of aliphatic hydroxyl groups excluding tert-OH is 2. The summed E-state index contributed by atoms with van der Waals surface area (Å²) < 4.78 is 42.0. The van der Waals surface area contributed by atoms with E-state index in [2.05, 4.69) is 0 Å². The van der Waals surface area contributed by atoms with E-state index in [1.54, 1.807) is 44.2 Å². The minimum atomic E-state index is -1.33. The standard InChI is InChI=1S/C34H40O10/c1-21-28(39-19-23-13-7-4-8-14-23)26(35)30(33(38-3)41-21)44-34-31(43-32(37)25-17-11-6-12-18-25)27(36)29(22(2)42-34)40-20-24-15-9-5-10-16-24/h4-18,21-22,26-31,33-36H,19-20H2,1-3H3. The first-order valence-corrected chi connectivity index (χ1v) is 14.8. The van der Waals surface area contributed by atoms with Gasteiger partial charge in [0.15, 0.2) is 18.7 Å². The predicted molar refractivity (Wildman–Crippen MR) is 158 cm³/mol. The van der Waals surface area contributed by atoms with Crippen LogP contribution in [0.15, 0.2) is 91.0 Å². The van der Waals surface area contributed by atoms with Gasteiger partial charge in [0, 0.05) is 7.11 Å². The van der Waals surface area contributed by atoms with Crippen LogP contribution in [0.25, 0.3) is 0 Å². The van der Waals surface area contributed by atoms with Gasteiger partial charge < -0.3 is 43.4 Å². The highest BCUT2D eigenvalue weighted by Crippen LogP contribution is 2.33. The molecule has 0 aromatic heterocycles. The Hall–Kier alpha value is -3.19. The van der Waals surface area contributed by atoms with Gasteiger partial charge in [-0.05, 0) is 37.1 Å². The maximum atomic E-state index is 13.2. The van der Waals surface area contributed by atoms with Gasteiger partial charge in [0.2, 0.25) is 0 Å². The molecule has 236 valence electrons. The van der Waals surface area contributed by atoms with E-state index < -0.39 is 67.4 Å². The van der Waals surface area contributed by atoms with E-state index in [-0.39, 0.29) is 18.8 Å². The van der Waals surface area contributed by atoms with Crippen molar-refractivity contribution in [3.63, 3.8) is 0 Å². The smallest absolute Gasteiger partial charge is 0.338 e. The van der Waals surface area contributed by atoms with Crippen LogP contribution in [0.3, 0.4) is 0 Å². The Kier molecular flexibility index (Phi) is 11.1. The topological polar surface area (TPSA) is 122 Å². The Bertz CT molecular complexity index is 1290. The van der Waals surface area contributed by atoms with Crippen molar-refractivity contribution in [1.29, 1.82) is 0 Å². The monoisotopic (exact) mass is 608 g/mol. The summed E-state index contributed by atoms with van der Waals surface area (Å²) in [5, 5.41) is 23.0. The highest BCUT2D eigenvalue weighted by molar-refractivity contribution is 5.89. The number of hydrogen-bond acceptors (Lipinski definition) is 10. The van der Waals surface area contributed by atoms with Crippen molar-refractivity contribution < 1.29 is 48.2 Å². The highest BCUT2D eigenvalue weighted by atomic mass is 16.8. The Morgan fingerprint density at radius 3 is 1.61 bits per heavy atom. The van der Waals surface area contributed by atoms with Crippen molar-refractivity contribution in [3.05, 3.63) is 108 Å². The molecule has 2 saturated heterocycles. The Labute approximate surface area is 257 Å². The molecule has 0 spiro atoms. The van der Waals surface area contributed by atoms with Crippen molar-refractivity contribution in [3.8, 4) is 0 Å². The first kappa shape index (κ1) is 32.2. The lowest BCUT2D eigenvalue weighted by atomic mass is 9.97. The summed E-state index contributed by atoms with van der Waals surface area (Å²) in [4.78, 5) is 13.2. The van der Waals surface area contributed by atoms with Gasteiger partial charge in [-0.3, -0.25) is 0 Å². The summed E-state index contributed by atoms with van der Waals surface area (Å²) in [5.74, 6) is -0.676. The van der Waals surface area contributed by atoms with Crippen molar-refractivity contribution in [2.24, 2.45) is 0 Å². The molecule has 0 aliphatic carbocycles. The average Bonchev–Trinajstić information content (AvgIpc) is 3.05. The zero-order chi connectivity index (χ0) is 31.1. The number of esters is 1. The number of hydrogen-bond donors (Lipinski definition) is 2. The third kappa shape index (κ3) is 7.71. The number of aliphatic hydroxyl groups is 2. The molecule has 2 N–H and O–H groups in total. The van der Waals surface area contributed by atoms with Crippen molar-refractivity contribution in [2.45, 2.75) is 88.5 Å². The summed E-state index contributed by atoms with van der Waals surface area (Å²) >= 11 is 0. The van der Waals surface area contributed by atoms with Gasteiger partial charge >= 0.3 is 5.97 Å². The molecule has 0 bridgehead atoms. The molecule has 44 heavy (non-hydrogen) atoms. The molecule has 10 atom stereocenters. The van der Waals surface area contributed by atoms with Crippen LogP contribution in [0, 0.1) is 0 Å². The summed E-state index contributed by atoms with van der Waals surface area (Å²) in [6.07, 6.45) is -10.1. The van der Waals surface area contributed by atoms with Crippen LogP contribution in [0.1, 0.15) is 35.3 Å². The molecule has 2 aliphatic heterocycles. The van der Waals surface area contributed by atoms with Crippen molar-refractivity contribution >= 4 is 5.97 Å². The lowest BCUT2D eigenvalue weighted by Crippen LogP contribution is -2.64. The molecule has 0 saturated carbocycles. The third-order valence-electron chi connectivity index (χ3n) is 7.85. The Balaban J connectivity index is 1.35. The molecular formula is C34H40O10. The zero-order valence-corrected chi connectivity index (χ0v) is 25.0. The lowest BCUT2D eigenvalue weighted by molar-refractivity contribution is -0.363. The molecule has 5 rings (SSSR count). The van der Waals surface area contributed by atoms with E-state index in [1.165, 1.54) is 7.11 Å². The molecule has 10 nitrogen and oxygen atoms in total. The van der Waals surface area contributed by atoms with Crippen LogP contribution in [0.4, 0.5) is 0 Å². The molecule has 10 heteroatoms. The van der Waals surface area contributed by atoms with E-state index in [1.807, 2.05) is 60.7 Å². The van der Waals surface area contributed by atoms with E-state index in [4.69, 9.17) is 33.2 Å². The van der Waals surface area contributed by atoms with E-state index in [9.17, 15) is 15.0 Å². The zero-order valence-electron chi connectivity index (χ0n) is 25.0. The minimum Gasteiger partial charge on any atom is -0.450 e. The lowest BCUT2D eigenvalue weighted by Gasteiger charge is -2.47. The Morgan fingerprint density at radius 2 is 1.11 bits per heavy atom. The fourth-order valence-corrected chi connectivity index (χ4v) is 5.48. The molecule has 2 fully saturated rings. The quantitative estimate of drug-likeness (QED) is 0.312. The number of methoxy groups -OCH3 is 1. The van der Waals surface area contributed by atoms with Crippen LogP contribution in [-0.2, 0) is 46.4 Å².